The number of anilines is 2. The molecule has 100 valence electrons. The highest BCUT2D eigenvalue weighted by Gasteiger charge is 2.11. The Bertz CT molecular complexity index is 555. The first-order valence-corrected chi connectivity index (χ1v) is 6.25. The van der Waals surface area contributed by atoms with Gasteiger partial charge < -0.3 is 10.0 Å². The van der Waals surface area contributed by atoms with Crippen LogP contribution >= 0.6 is 0 Å². The number of aromatic nitrogens is 1. The van der Waals surface area contributed by atoms with Crippen LogP contribution in [-0.2, 0) is 6.61 Å². The standard InChI is InChI=1S/C15H17FN2O/c1-3-18(14-6-4-13(16)5-7-14)15-11(2)8-12(10-19)9-17-15/h4-9,19H,3,10H2,1-2H3. The normalized spacial score (nSPS) is 10.5. The Kier molecular flexibility index (Phi) is 4.12. The van der Waals surface area contributed by atoms with Gasteiger partial charge >= 0.3 is 0 Å². The summed E-state index contributed by atoms with van der Waals surface area (Å²) >= 11 is 0. The summed E-state index contributed by atoms with van der Waals surface area (Å²) in [4.78, 5) is 6.40. The van der Waals surface area contributed by atoms with E-state index < -0.39 is 0 Å². The van der Waals surface area contributed by atoms with Crippen LogP contribution in [0.3, 0.4) is 0 Å². The maximum absolute atomic E-state index is 13.0. The van der Waals surface area contributed by atoms with Crippen LogP contribution in [0.5, 0.6) is 0 Å². The average molecular weight is 260 g/mol. The van der Waals surface area contributed by atoms with Gasteiger partial charge in [0.25, 0.3) is 0 Å². The van der Waals surface area contributed by atoms with Crippen molar-refractivity contribution in [3.8, 4) is 0 Å². The van der Waals surface area contributed by atoms with Crippen LogP contribution in [0.15, 0.2) is 36.5 Å². The third kappa shape index (κ3) is 2.90. The minimum atomic E-state index is -0.250. The lowest BCUT2D eigenvalue weighted by Crippen LogP contribution is -2.18. The molecule has 3 nitrogen and oxygen atoms in total. The maximum atomic E-state index is 13.0. The van der Waals surface area contributed by atoms with Crippen molar-refractivity contribution in [2.24, 2.45) is 0 Å². The van der Waals surface area contributed by atoms with E-state index in [9.17, 15) is 4.39 Å². The van der Waals surface area contributed by atoms with Gasteiger partial charge in [-0.1, -0.05) is 0 Å². The zero-order valence-corrected chi connectivity index (χ0v) is 11.1. The largest absolute Gasteiger partial charge is 0.392 e. The molecule has 0 aliphatic heterocycles. The second kappa shape index (κ2) is 5.80. The SMILES string of the molecule is CCN(c1ccc(F)cc1)c1ncc(CO)cc1C. The quantitative estimate of drug-likeness (QED) is 0.917. The zero-order valence-electron chi connectivity index (χ0n) is 11.1. The van der Waals surface area contributed by atoms with Crippen molar-refractivity contribution >= 4 is 11.5 Å². The molecule has 1 aromatic carbocycles. The molecule has 1 N–H and O–H groups in total. The van der Waals surface area contributed by atoms with E-state index in [0.29, 0.717) is 0 Å². The second-order valence-corrected chi connectivity index (χ2v) is 4.36. The minimum absolute atomic E-state index is 0.0171. The summed E-state index contributed by atoms with van der Waals surface area (Å²) in [5.41, 5.74) is 2.67. The van der Waals surface area contributed by atoms with Gasteiger partial charge in [0.15, 0.2) is 0 Å². The van der Waals surface area contributed by atoms with Crippen molar-refractivity contribution in [3.05, 3.63) is 53.5 Å². The molecular formula is C15H17FN2O. The monoisotopic (exact) mass is 260 g/mol. The van der Waals surface area contributed by atoms with Crippen molar-refractivity contribution in [3.63, 3.8) is 0 Å². The van der Waals surface area contributed by atoms with Gasteiger partial charge in [-0.25, -0.2) is 9.37 Å². The topological polar surface area (TPSA) is 36.4 Å². The molecule has 4 heteroatoms. The van der Waals surface area contributed by atoms with Crippen molar-refractivity contribution < 1.29 is 9.50 Å². The van der Waals surface area contributed by atoms with E-state index >= 15 is 0 Å². The number of aliphatic hydroxyl groups excluding tert-OH is 1. The van der Waals surface area contributed by atoms with E-state index in [2.05, 4.69) is 4.98 Å². The number of halogens is 1. The maximum Gasteiger partial charge on any atom is 0.135 e. The number of hydrogen-bond donors (Lipinski definition) is 1. The molecule has 0 radical (unpaired) electrons. The Morgan fingerprint density at radius 1 is 1.26 bits per heavy atom. The number of pyridine rings is 1. The summed E-state index contributed by atoms with van der Waals surface area (Å²) in [5.74, 6) is 0.575. The molecule has 0 saturated carbocycles. The molecule has 2 aromatic rings. The Morgan fingerprint density at radius 3 is 2.47 bits per heavy atom. The van der Waals surface area contributed by atoms with E-state index in [1.54, 1.807) is 18.3 Å². The molecule has 1 aromatic heterocycles. The van der Waals surface area contributed by atoms with E-state index in [1.165, 1.54) is 12.1 Å². The third-order valence-corrected chi connectivity index (χ3v) is 3.00. The number of benzene rings is 1. The summed E-state index contributed by atoms with van der Waals surface area (Å²) in [6.07, 6.45) is 1.66. The Hall–Kier alpha value is -1.94. The molecule has 0 atom stereocenters. The molecule has 0 unspecified atom stereocenters. The highest BCUT2D eigenvalue weighted by Crippen LogP contribution is 2.26. The third-order valence-electron chi connectivity index (χ3n) is 3.00. The van der Waals surface area contributed by atoms with Gasteiger partial charge in [0, 0.05) is 18.4 Å². The van der Waals surface area contributed by atoms with Crippen LogP contribution < -0.4 is 4.90 Å². The van der Waals surface area contributed by atoms with E-state index in [1.807, 2.05) is 24.8 Å². The first kappa shape index (κ1) is 13.5. The predicted octanol–water partition coefficient (Wildman–Crippen LogP) is 3.18. The van der Waals surface area contributed by atoms with Crippen molar-refractivity contribution in [1.29, 1.82) is 0 Å². The highest BCUT2D eigenvalue weighted by atomic mass is 19.1. The molecule has 0 amide bonds. The number of rotatable bonds is 4. The lowest BCUT2D eigenvalue weighted by molar-refractivity contribution is 0.281. The summed E-state index contributed by atoms with van der Waals surface area (Å²) in [7, 11) is 0. The smallest absolute Gasteiger partial charge is 0.135 e. The summed E-state index contributed by atoms with van der Waals surface area (Å²) in [6, 6.07) is 8.26. The van der Waals surface area contributed by atoms with Gasteiger partial charge in [0.1, 0.15) is 11.6 Å². The van der Waals surface area contributed by atoms with Crippen LogP contribution in [0.25, 0.3) is 0 Å². The van der Waals surface area contributed by atoms with Gasteiger partial charge in [-0.2, -0.15) is 0 Å². The molecule has 2 rings (SSSR count). The van der Waals surface area contributed by atoms with Gasteiger partial charge in [0.2, 0.25) is 0 Å². The van der Waals surface area contributed by atoms with E-state index in [0.717, 1.165) is 29.2 Å². The Balaban J connectivity index is 2.39. The fraction of sp³-hybridized carbons (Fsp3) is 0.267. The molecular weight excluding hydrogens is 243 g/mol. The van der Waals surface area contributed by atoms with Gasteiger partial charge in [0.05, 0.1) is 6.61 Å². The molecule has 0 aliphatic carbocycles. The lowest BCUT2D eigenvalue weighted by Gasteiger charge is -2.24. The lowest BCUT2D eigenvalue weighted by atomic mass is 10.2. The number of hydrogen-bond acceptors (Lipinski definition) is 3. The second-order valence-electron chi connectivity index (χ2n) is 4.36. The fourth-order valence-corrected chi connectivity index (χ4v) is 2.07. The zero-order chi connectivity index (χ0) is 13.8. The highest BCUT2D eigenvalue weighted by molar-refractivity contribution is 5.62. The van der Waals surface area contributed by atoms with E-state index in [4.69, 9.17) is 5.11 Å². The van der Waals surface area contributed by atoms with Crippen molar-refractivity contribution in [2.45, 2.75) is 20.5 Å². The van der Waals surface area contributed by atoms with Crippen LogP contribution in [0.2, 0.25) is 0 Å². The van der Waals surface area contributed by atoms with Crippen molar-refractivity contribution in [2.75, 3.05) is 11.4 Å². The molecule has 0 aliphatic rings. The Labute approximate surface area is 112 Å². The molecule has 0 spiro atoms. The predicted molar refractivity (Wildman–Crippen MR) is 74.0 cm³/mol. The molecule has 0 bridgehead atoms. The molecule has 19 heavy (non-hydrogen) atoms. The first-order chi connectivity index (χ1) is 9.15. The van der Waals surface area contributed by atoms with Gasteiger partial charge in [-0.05, 0) is 55.3 Å². The average Bonchev–Trinajstić information content (AvgIpc) is 2.43. The number of nitrogens with zero attached hydrogens (tertiary/aromatic N) is 2. The van der Waals surface area contributed by atoms with E-state index in [-0.39, 0.29) is 12.4 Å². The molecule has 1 heterocycles. The van der Waals surface area contributed by atoms with Crippen LogP contribution in [0.4, 0.5) is 15.9 Å². The summed E-state index contributed by atoms with van der Waals surface area (Å²) in [5, 5.41) is 9.10. The van der Waals surface area contributed by atoms with Gasteiger partial charge in [-0.15, -0.1) is 0 Å². The van der Waals surface area contributed by atoms with Crippen LogP contribution in [0, 0.1) is 12.7 Å². The van der Waals surface area contributed by atoms with Crippen molar-refractivity contribution in [1.82, 2.24) is 4.98 Å². The van der Waals surface area contributed by atoms with Gasteiger partial charge in [-0.3, -0.25) is 0 Å². The molecule has 0 saturated heterocycles. The summed E-state index contributed by atoms with van der Waals surface area (Å²) in [6.45, 7) is 4.69. The van der Waals surface area contributed by atoms with Crippen LogP contribution in [0.1, 0.15) is 18.1 Å². The summed E-state index contributed by atoms with van der Waals surface area (Å²) < 4.78 is 13.0. The number of aliphatic hydroxyl groups is 1. The minimum Gasteiger partial charge on any atom is -0.392 e. The number of aryl methyl sites for hydroxylation is 1. The fourth-order valence-electron chi connectivity index (χ4n) is 2.07. The Morgan fingerprint density at radius 2 is 1.95 bits per heavy atom. The first-order valence-electron chi connectivity index (χ1n) is 6.25. The van der Waals surface area contributed by atoms with Crippen LogP contribution in [-0.4, -0.2) is 16.6 Å². The molecule has 0 fully saturated rings.